The molecule has 0 aliphatic carbocycles. The minimum absolute atomic E-state index is 0.101. The lowest BCUT2D eigenvalue weighted by atomic mass is 10.3. The molecule has 0 bridgehead atoms. The average molecular weight is 230 g/mol. The molecule has 0 saturated heterocycles. The van der Waals surface area contributed by atoms with Crippen LogP contribution in [0.25, 0.3) is 0 Å². The Morgan fingerprint density at radius 1 is 1.18 bits per heavy atom. The summed E-state index contributed by atoms with van der Waals surface area (Å²) in [5, 5.41) is 13.6. The van der Waals surface area contributed by atoms with E-state index in [4.69, 9.17) is 5.73 Å². The van der Waals surface area contributed by atoms with Crippen LogP contribution >= 0.6 is 0 Å². The number of benzene rings is 1. The summed E-state index contributed by atoms with van der Waals surface area (Å²) in [6, 6.07) is 12.2. The number of nitrogens with zero attached hydrogens (tertiary/aromatic N) is 2. The summed E-state index contributed by atoms with van der Waals surface area (Å²) in [5.74, 6) is 0.371. The van der Waals surface area contributed by atoms with E-state index in [2.05, 4.69) is 10.3 Å². The van der Waals surface area contributed by atoms with Gasteiger partial charge in [0.25, 0.3) is 0 Å². The molecule has 0 saturated carbocycles. The zero-order valence-electron chi connectivity index (χ0n) is 8.83. The molecule has 1 heterocycles. The van der Waals surface area contributed by atoms with Crippen molar-refractivity contribution >= 4 is 23.0 Å². The molecular weight excluding hydrogens is 220 g/mol. The maximum Gasteiger partial charge on any atom is 0.311 e. The molecule has 0 amide bonds. The van der Waals surface area contributed by atoms with Crippen molar-refractivity contribution in [1.82, 2.24) is 4.98 Å². The first-order chi connectivity index (χ1) is 8.16. The van der Waals surface area contributed by atoms with E-state index in [1.165, 1.54) is 12.1 Å². The second kappa shape index (κ2) is 4.48. The van der Waals surface area contributed by atoms with E-state index in [-0.39, 0.29) is 11.5 Å². The van der Waals surface area contributed by atoms with Gasteiger partial charge in [-0.25, -0.2) is 4.98 Å². The van der Waals surface area contributed by atoms with Gasteiger partial charge in [0, 0.05) is 11.8 Å². The second-order valence-corrected chi connectivity index (χ2v) is 3.35. The van der Waals surface area contributed by atoms with Crippen molar-refractivity contribution in [3.8, 4) is 0 Å². The monoisotopic (exact) mass is 230 g/mol. The van der Waals surface area contributed by atoms with E-state index >= 15 is 0 Å². The fraction of sp³-hybridized carbons (Fsp3) is 0. The Balaban J connectivity index is 2.24. The van der Waals surface area contributed by atoms with Crippen LogP contribution in [0.4, 0.5) is 23.0 Å². The Kier molecular flexibility index (Phi) is 2.87. The highest BCUT2D eigenvalue weighted by molar-refractivity contribution is 5.62. The van der Waals surface area contributed by atoms with Gasteiger partial charge in [-0.3, -0.25) is 10.1 Å². The van der Waals surface area contributed by atoms with E-state index < -0.39 is 4.92 Å². The molecule has 0 aliphatic heterocycles. The van der Waals surface area contributed by atoms with Crippen molar-refractivity contribution in [3.63, 3.8) is 0 Å². The quantitative estimate of drug-likeness (QED) is 0.623. The molecule has 0 aliphatic rings. The van der Waals surface area contributed by atoms with Crippen molar-refractivity contribution in [3.05, 3.63) is 52.6 Å². The molecule has 0 radical (unpaired) electrons. The van der Waals surface area contributed by atoms with Crippen LogP contribution in [-0.4, -0.2) is 9.91 Å². The average Bonchev–Trinajstić information content (AvgIpc) is 2.30. The number of hydrogen-bond acceptors (Lipinski definition) is 5. The van der Waals surface area contributed by atoms with Crippen LogP contribution in [0.1, 0.15) is 0 Å². The van der Waals surface area contributed by atoms with E-state index in [9.17, 15) is 10.1 Å². The Morgan fingerprint density at radius 2 is 1.88 bits per heavy atom. The maximum atomic E-state index is 10.6. The van der Waals surface area contributed by atoms with Crippen LogP contribution in [0.15, 0.2) is 42.5 Å². The van der Waals surface area contributed by atoms with Gasteiger partial charge in [-0.2, -0.15) is 0 Å². The number of aromatic nitrogens is 1. The molecule has 6 nitrogen and oxygen atoms in total. The lowest BCUT2D eigenvalue weighted by Crippen LogP contribution is -2.01. The molecule has 86 valence electrons. The lowest BCUT2D eigenvalue weighted by Gasteiger charge is -2.05. The molecule has 0 fully saturated rings. The van der Waals surface area contributed by atoms with Crippen molar-refractivity contribution in [2.45, 2.75) is 0 Å². The van der Waals surface area contributed by atoms with Crippen LogP contribution in [0.2, 0.25) is 0 Å². The Hall–Kier alpha value is -2.63. The molecule has 6 heteroatoms. The number of anilines is 3. The normalized spacial score (nSPS) is 9.88. The second-order valence-electron chi connectivity index (χ2n) is 3.35. The van der Waals surface area contributed by atoms with Gasteiger partial charge in [0.15, 0.2) is 0 Å². The van der Waals surface area contributed by atoms with Gasteiger partial charge >= 0.3 is 5.69 Å². The van der Waals surface area contributed by atoms with E-state index in [1.807, 2.05) is 30.3 Å². The summed E-state index contributed by atoms with van der Waals surface area (Å²) in [6.07, 6.45) is 0. The van der Waals surface area contributed by atoms with Gasteiger partial charge in [-0.1, -0.05) is 18.2 Å². The Labute approximate surface area is 97.3 Å². The Bertz CT molecular complexity index is 542. The number of pyridine rings is 1. The molecule has 1 aromatic heterocycles. The standard InChI is InChI=1S/C11H10N4O2/c12-11-9(15(16)17)6-7-10(14-11)13-8-4-2-1-3-5-8/h1-7H,(H3,12,13,14). The predicted molar refractivity (Wildman–Crippen MR) is 65.0 cm³/mol. The molecule has 0 atom stereocenters. The highest BCUT2D eigenvalue weighted by Crippen LogP contribution is 2.22. The molecule has 0 spiro atoms. The van der Waals surface area contributed by atoms with Crippen LogP contribution < -0.4 is 11.1 Å². The summed E-state index contributed by atoms with van der Waals surface area (Å²) >= 11 is 0. The zero-order chi connectivity index (χ0) is 12.3. The predicted octanol–water partition coefficient (Wildman–Crippen LogP) is 2.32. The van der Waals surface area contributed by atoms with Crippen LogP contribution in [0.5, 0.6) is 0 Å². The first kappa shape index (κ1) is 10.9. The van der Waals surface area contributed by atoms with Crippen LogP contribution in [0, 0.1) is 10.1 Å². The first-order valence-corrected chi connectivity index (χ1v) is 4.90. The molecular formula is C11H10N4O2. The lowest BCUT2D eigenvalue weighted by molar-refractivity contribution is -0.384. The highest BCUT2D eigenvalue weighted by atomic mass is 16.6. The molecule has 1 aromatic carbocycles. The number of para-hydroxylation sites is 1. The van der Waals surface area contributed by atoms with Crippen molar-refractivity contribution < 1.29 is 4.92 Å². The third-order valence-corrected chi connectivity index (χ3v) is 2.15. The third-order valence-electron chi connectivity index (χ3n) is 2.15. The summed E-state index contributed by atoms with van der Waals surface area (Å²) in [7, 11) is 0. The minimum Gasteiger partial charge on any atom is -0.378 e. The fourth-order valence-electron chi connectivity index (χ4n) is 1.36. The van der Waals surface area contributed by atoms with Crippen LogP contribution in [0.3, 0.4) is 0 Å². The SMILES string of the molecule is Nc1nc(Nc2ccccc2)ccc1[N+](=O)[O-]. The maximum absolute atomic E-state index is 10.6. The topological polar surface area (TPSA) is 94.1 Å². The molecule has 0 unspecified atom stereocenters. The number of nitrogens with one attached hydrogen (secondary N) is 1. The van der Waals surface area contributed by atoms with E-state index in [0.717, 1.165) is 5.69 Å². The highest BCUT2D eigenvalue weighted by Gasteiger charge is 2.12. The zero-order valence-corrected chi connectivity index (χ0v) is 8.83. The summed E-state index contributed by atoms with van der Waals surface area (Å²) in [4.78, 5) is 13.9. The van der Waals surface area contributed by atoms with Crippen LogP contribution in [-0.2, 0) is 0 Å². The molecule has 3 N–H and O–H groups in total. The smallest absolute Gasteiger partial charge is 0.311 e. The number of nitro groups is 1. The third kappa shape index (κ3) is 2.49. The minimum atomic E-state index is -0.561. The Morgan fingerprint density at radius 3 is 2.47 bits per heavy atom. The largest absolute Gasteiger partial charge is 0.378 e. The van der Waals surface area contributed by atoms with Gasteiger partial charge < -0.3 is 11.1 Å². The van der Waals surface area contributed by atoms with Crippen molar-refractivity contribution in [2.75, 3.05) is 11.1 Å². The fourth-order valence-corrected chi connectivity index (χ4v) is 1.36. The summed E-state index contributed by atoms with van der Waals surface area (Å²) in [5.41, 5.74) is 6.13. The van der Waals surface area contributed by atoms with Crippen molar-refractivity contribution in [2.24, 2.45) is 0 Å². The summed E-state index contributed by atoms with van der Waals surface area (Å²) < 4.78 is 0. The van der Waals surface area contributed by atoms with Gasteiger partial charge in [0.2, 0.25) is 5.82 Å². The number of nitrogen functional groups attached to an aromatic ring is 1. The molecule has 2 rings (SSSR count). The van der Waals surface area contributed by atoms with E-state index in [0.29, 0.717) is 5.82 Å². The van der Waals surface area contributed by atoms with Gasteiger partial charge in [-0.15, -0.1) is 0 Å². The number of hydrogen-bond donors (Lipinski definition) is 2. The summed E-state index contributed by atoms with van der Waals surface area (Å²) in [6.45, 7) is 0. The van der Waals surface area contributed by atoms with Crippen molar-refractivity contribution in [1.29, 1.82) is 0 Å². The van der Waals surface area contributed by atoms with Gasteiger partial charge in [-0.05, 0) is 18.2 Å². The van der Waals surface area contributed by atoms with E-state index in [1.54, 1.807) is 0 Å². The molecule has 17 heavy (non-hydrogen) atoms. The van der Waals surface area contributed by atoms with Gasteiger partial charge in [0.05, 0.1) is 4.92 Å². The first-order valence-electron chi connectivity index (χ1n) is 4.90. The number of nitrogens with two attached hydrogens (primary N) is 1. The number of rotatable bonds is 3. The van der Waals surface area contributed by atoms with Gasteiger partial charge in [0.1, 0.15) is 5.82 Å². The molecule has 2 aromatic rings.